The third-order valence-electron chi connectivity index (χ3n) is 3.69. The number of nitrogens with zero attached hydrogens (tertiary/aromatic N) is 4. The zero-order chi connectivity index (χ0) is 13.2. The average Bonchev–Trinajstić information content (AvgIpc) is 3.06. The first kappa shape index (κ1) is 12.4. The summed E-state index contributed by atoms with van der Waals surface area (Å²) in [6, 6.07) is 2.57. The van der Waals surface area contributed by atoms with Crippen molar-refractivity contribution in [1.82, 2.24) is 19.8 Å². The smallest absolute Gasteiger partial charge is 0.150 e. The van der Waals surface area contributed by atoms with E-state index in [2.05, 4.69) is 28.3 Å². The van der Waals surface area contributed by atoms with E-state index in [1.165, 1.54) is 18.4 Å². The molecule has 2 aromatic heterocycles. The molecule has 102 valence electrons. The van der Waals surface area contributed by atoms with Gasteiger partial charge in [-0.05, 0) is 38.8 Å². The number of aromatic nitrogens is 3. The molecule has 3 rings (SSSR count). The van der Waals surface area contributed by atoms with Gasteiger partial charge in [-0.25, -0.2) is 0 Å². The van der Waals surface area contributed by atoms with Crippen LogP contribution in [0, 0.1) is 13.8 Å². The third kappa shape index (κ3) is 2.87. The van der Waals surface area contributed by atoms with Gasteiger partial charge < -0.3 is 4.52 Å². The molecule has 0 bridgehead atoms. The number of likely N-dealkylation sites (tertiary alicyclic amines) is 1. The quantitative estimate of drug-likeness (QED) is 0.845. The van der Waals surface area contributed by atoms with Crippen LogP contribution in [0.25, 0.3) is 0 Å². The Morgan fingerprint density at radius 2 is 2.32 bits per heavy atom. The molecule has 1 saturated heterocycles. The molecule has 0 amide bonds. The highest BCUT2D eigenvalue weighted by Gasteiger charge is 2.26. The van der Waals surface area contributed by atoms with Crippen LogP contribution in [0.4, 0.5) is 0 Å². The van der Waals surface area contributed by atoms with Gasteiger partial charge in [-0.3, -0.25) is 9.58 Å². The lowest BCUT2D eigenvalue weighted by molar-refractivity contribution is 0.195. The minimum Gasteiger partial charge on any atom is -0.360 e. The largest absolute Gasteiger partial charge is 0.360 e. The molecule has 0 aliphatic carbocycles. The summed E-state index contributed by atoms with van der Waals surface area (Å²) in [5.74, 6) is 0.959. The van der Waals surface area contributed by atoms with E-state index in [0.717, 1.165) is 31.1 Å². The van der Waals surface area contributed by atoms with Gasteiger partial charge in [0.15, 0.2) is 5.76 Å². The minimum absolute atomic E-state index is 0.546. The average molecular weight is 260 g/mol. The second-order valence-corrected chi connectivity index (χ2v) is 5.44. The van der Waals surface area contributed by atoms with E-state index in [1.54, 1.807) is 0 Å². The van der Waals surface area contributed by atoms with Crippen LogP contribution in [-0.2, 0) is 13.1 Å². The fourth-order valence-electron chi connectivity index (χ4n) is 2.78. The predicted molar refractivity (Wildman–Crippen MR) is 71.6 cm³/mol. The Morgan fingerprint density at radius 3 is 3.00 bits per heavy atom. The SMILES string of the molecule is Cc1cnn(C[C@H]2CCCN2Cc2cc(C)no2)c1. The Kier molecular flexibility index (Phi) is 3.38. The minimum atomic E-state index is 0.546. The van der Waals surface area contributed by atoms with Crippen LogP contribution >= 0.6 is 0 Å². The van der Waals surface area contributed by atoms with Crippen molar-refractivity contribution < 1.29 is 4.52 Å². The molecule has 1 fully saturated rings. The number of rotatable bonds is 4. The molecule has 0 spiro atoms. The summed E-state index contributed by atoms with van der Waals surface area (Å²) in [5, 5.41) is 8.33. The van der Waals surface area contributed by atoms with Gasteiger partial charge in [0.2, 0.25) is 0 Å². The summed E-state index contributed by atoms with van der Waals surface area (Å²) in [6.07, 6.45) is 6.50. The van der Waals surface area contributed by atoms with Gasteiger partial charge in [-0.2, -0.15) is 5.10 Å². The van der Waals surface area contributed by atoms with Crippen molar-refractivity contribution in [2.45, 2.75) is 45.8 Å². The normalized spacial score (nSPS) is 20.2. The van der Waals surface area contributed by atoms with Crippen LogP contribution in [0.5, 0.6) is 0 Å². The maximum Gasteiger partial charge on any atom is 0.150 e. The lowest BCUT2D eigenvalue weighted by Gasteiger charge is -2.23. The summed E-state index contributed by atoms with van der Waals surface area (Å²) >= 11 is 0. The van der Waals surface area contributed by atoms with E-state index in [9.17, 15) is 0 Å². The summed E-state index contributed by atoms with van der Waals surface area (Å²) in [4.78, 5) is 2.47. The van der Waals surface area contributed by atoms with E-state index in [4.69, 9.17) is 4.52 Å². The molecule has 1 aliphatic heterocycles. The molecule has 0 N–H and O–H groups in total. The molecule has 3 heterocycles. The van der Waals surface area contributed by atoms with Gasteiger partial charge in [0.1, 0.15) is 0 Å². The Hall–Kier alpha value is -1.62. The van der Waals surface area contributed by atoms with Crippen molar-refractivity contribution in [3.63, 3.8) is 0 Å². The fourth-order valence-corrected chi connectivity index (χ4v) is 2.78. The summed E-state index contributed by atoms with van der Waals surface area (Å²) < 4.78 is 7.36. The first-order chi connectivity index (χ1) is 9.20. The molecule has 2 aromatic rings. The number of hydrogen-bond donors (Lipinski definition) is 0. The second kappa shape index (κ2) is 5.17. The van der Waals surface area contributed by atoms with Gasteiger partial charge in [0.05, 0.1) is 25.0 Å². The Balaban J connectivity index is 1.64. The maximum absolute atomic E-state index is 5.31. The van der Waals surface area contributed by atoms with E-state index in [0.29, 0.717) is 6.04 Å². The van der Waals surface area contributed by atoms with Gasteiger partial charge in [0.25, 0.3) is 0 Å². The molecule has 5 heteroatoms. The van der Waals surface area contributed by atoms with Gasteiger partial charge in [0, 0.05) is 18.3 Å². The molecule has 19 heavy (non-hydrogen) atoms. The fraction of sp³-hybridized carbons (Fsp3) is 0.571. The zero-order valence-corrected chi connectivity index (χ0v) is 11.5. The molecular weight excluding hydrogens is 240 g/mol. The Bertz CT molecular complexity index is 497. The van der Waals surface area contributed by atoms with Crippen LogP contribution in [0.2, 0.25) is 0 Å². The number of hydrogen-bond acceptors (Lipinski definition) is 4. The lowest BCUT2D eigenvalue weighted by atomic mass is 10.2. The molecule has 1 atom stereocenters. The van der Waals surface area contributed by atoms with Crippen molar-refractivity contribution in [2.75, 3.05) is 6.54 Å². The Labute approximate surface area is 113 Å². The molecule has 0 radical (unpaired) electrons. The number of aryl methyl sites for hydroxylation is 2. The van der Waals surface area contributed by atoms with Crippen molar-refractivity contribution >= 4 is 0 Å². The summed E-state index contributed by atoms with van der Waals surface area (Å²) in [6.45, 7) is 6.98. The highest BCUT2D eigenvalue weighted by molar-refractivity contribution is 5.04. The van der Waals surface area contributed by atoms with Crippen LogP contribution < -0.4 is 0 Å². The highest BCUT2D eigenvalue weighted by atomic mass is 16.5. The van der Waals surface area contributed by atoms with Crippen molar-refractivity contribution in [1.29, 1.82) is 0 Å². The molecule has 1 aliphatic rings. The molecule has 5 nitrogen and oxygen atoms in total. The van der Waals surface area contributed by atoms with Crippen LogP contribution in [-0.4, -0.2) is 32.4 Å². The maximum atomic E-state index is 5.31. The summed E-state index contributed by atoms with van der Waals surface area (Å²) in [7, 11) is 0. The van der Waals surface area contributed by atoms with Crippen molar-refractivity contribution in [2.24, 2.45) is 0 Å². The Morgan fingerprint density at radius 1 is 1.42 bits per heavy atom. The topological polar surface area (TPSA) is 47.1 Å². The first-order valence-corrected chi connectivity index (χ1v) is 6.86. The van der Waals surface area contributed by atoms with E-state index < -0.39 is 0 Å². The van der Waals surface area contributed by atoms with Gasteiger partial charge >= 0.3 is 0 Å². The second-order valence-electron chi connectivity index (χ2n) is 5.44. The summed E-state index contributed by atoms with van der Waals surface area (Å²) in [5.41, 5.74) is 2.17. The third-order valence-corrected chi connectivity index (χ3v) is 3.69. The van der Waals surface area contributed by atoms with E-state index >= 15 is 0 Å². The molecular formula is C14H20N4O. The van der Waals surface area contributed by atoms with E-state index in [-0.39, 0.29) is 0 Å². The monoisotopic (exact) mass is 260 g/mol. The van der Waals surface area contributed by atoms with E-state index in [1.807, 2.05) is 23.9 Å². The first-order valence-electron chi connectivity index (χ1n) is 6.86. The molecule has 0 aromatic carbocycles. The van der Waals surface area contributed by atoms with Gasteiger partial charge in [-0.1, -0.05) is 5.16 Å². The molecule has 0 saturated carbocycles. The van der Waals surface area contributed by atoms with Crippen molar-refractivity contribution in [3.05, 3.63) is 35.5 Å². The standard InChI is InChI=1S/C14H20N4O/c1-11-7-15-18(8-11)9-13-4-3-5-17(13)10-14-6-12(2)16-19-14/h6-8,13H,3-5,9-10H2,1-2H3/t13-/m1/s1. The van der Waals surface area contributed by atoms with Crippen LogP contribution in [0.15, 0.2) is 23.0 Å². The zero-order valence-electron chi connectivity index (χ0n) is 11.5. The van der Waals surface area contributed by atoms with Crippen molar-refractivity contribution in [3.8, 4) is 0 Å². The van der Waals surface area contributed by atoms with Crippen LogP contribution in [0.3, 0.4) is 0 Å². The van der Waals surface area contributed by atoms with Crippen LogP contribution in [0.1, 0.15) is 29.9 Å². The lowest BCUT2D eigenvalue weighted by Crippen LogP contribution is -2.32. The molecule has 0 unspecified atom stereocenters. The highest BCUT2D eigenvalue weighted by Crippen LogP contribution is 2.21. The predicted octanol–water partition coefficient (Wildman–Crippen LogP) is 2.15. The van der Waals surface area contributed by atoms with Gasteiger partial charge in [-0.15, -0.1) is 0 Å².